The van der Waals surface area contributed by atoms with Gasteiger partial charge in [-0.1, -0.05) is 0 Å². The molecule has 0 aromatic carbocycles. The van der Waals surface area contributed by atoms with E-state index in [9.17, 15) is 39.8 Å². The highest BCUT2D eigenvalue weighted by Gasteiger charge is 2.50. The molecule has 28 heavy (non-hydrogen) atoms. The molecule has 0 aliphatic heterocycles. The summed E-state index contributed by atoms with van der Waals surface area (Å²) in [5.74, 6) is -0.254. The fourth-order valence-electron chi connectivity index (χ4n) is 2.55. The fourth-order valence-corrected chi connectivity index (χ4v) is 2.87. The van der Waals surface area contributed by atoms with Crippen molar-refractivity contribution >= 4 is 35.3 Å². The summed E-state index contributed by atoms with van der Waals surface area (Å²) in [4.78, 5) is 45.1. The minimum atomic E-state index is -1.87. The van der Waals surface area contributed by atoms with Crippen molar-refractivity contribution in [1.29, 1.82) is 0 Å². The van der Waals surface area contributed by atoms with Crippen LogP contribution in [0.2, 0.25) is 0 Å². The first kappa shape index (κ1) is 24.2. The van der Waals surface area contributed by atoms with E-state index >= 15 is 0 Å². The number of carbonyl (C=O) groups excluding carboxylic acids is 2. The van der Waals surface area contributed by atoms with Gasteiger partial charge in [0.25, 0.3) is 0 Å². The molecule has 1 fully saturated rings. The summed E-state index contributed by atoms with van der Waals surface area (Å²) in [6.07, 6.45) is -7.49. The maximum absolute atomic E-state index is 11.9. The lowest BCUT2D eigenvalue weighted by atomic mass is 9.81. The van der Waals surface area contributed by atoms with Crippen molar-refractivity contribution in [2.24, 2.45) is 10.6 Å². The second kappa shape index (κ2) is 11.2. The van der Waals surface area contributed by atoms with Gasteiger partial charge in [-0.3, -0.25) is 0 Å². The topological polar surface area (TPSA) is 204 Å². The standard InChI is InChI=1S/C12H20Cl2N6O8/c13-1-3-19(17-27)11(25)15-5-7(21)9(23)6(10(24)8(5)22)16-12(26)20(18-28)4-2-14/h5-10,21-24H,1-4H2,(H,15,25)(H,16,26)/t5?,6?,7-,8-,9-,10+/m1/s1. The van der Waals surface area contributed by atoms with E-state index in [1.54, 1.807) is 0 Å². The van der Waals surface area contributed by atoms with Crippen LogP contribution in [-0.4, -0.2) is 104 Å². The van der Waals surface area contributed by atoms with Crippen LogP contribution in [0.1, 0.15) is 0 Å². The van der Waals surface area contributed by atoms with Gasteiger partial charge in [-0.15, -0.1) is 33.0 Å². The van der Waals surface area contributed by atoms with E-state index < -0.39 is 48.6 Å². The van der Waals surface area contributed by atoms with E-state index in [1.165, 1.54) is 0 Å². The molecular weight excluding hydrogens is 427 g/mol. The molecule has 6 atom stereocenters. The fraction of sp³-hybridized carbons (Fsp3) is 0.833. The van der Waals surface area contributed by atoms with Gasteiger partial charge in [0, 0.05) is 11.8 Å². The van der Waals surface area contributed by atoms with Crippen LogP contribution in [0.3, 0.4) is 0 Å². The van der Waals surface area contributed by atoms with Crippen molar-refractivity contribution < 1.29 is 30.0 Å². The molecule has 0 aromatic heterocycles. The first-order valence-electron chi connectivity index (χ1n) is 7.90. The summed E-state index contributed by atoms with van der Waals surface area (Å²) in [7, 11) is 0. The number of aliphatic hydroxyl groups excluding tert-OH is 4. The number of nitroso groups, excluding NO2 is 2. The zero-order chi connectivity index (χ0) is 21.4. The third-order valence-corrected chi connectivity index (χ3v) is 4.35. The van der Waals surface area contributed by atoms with Gasteiger partial charge >= 0.3 is 12.1 Å². The molecule has 1 saturated carbocycles. The molecule has 14 nitrogen and oxygen atoms in total. The van der Waals surface area contributed by atoms with Crippen LogP contribution in [0.5, 0.6) is 0 Å². The van der Waals surface area contributed by atoms with Crippen molar-refractivity contribution in [2.75, 3.05) is 24.8 Å². The lowest BCUT2D eigenvalue weighted by Crippen LogP contribution is -2.72. The Morgan fingerprint density at radius 1 is 0.750 bits per heavy atom. The van der Waals surface area contributed by atoms with Crippen molar-refractivity contribution in [3.63, 3.8) is 0 Å². The lowest BCUT2D eigenvalue weighted by Gasteiger charge is -2.44. The minimum Gasteiger partial charge on any atom is -0.388 e. The van der Waals surface area contributed by atoms with Gasteiger partial charge in [-0.2, -0.15) is 10.0 Å². The number of hydrogen-bond acceptors (Lipinski definition) is 10. The number of rotatable bonds is 8. The van der Waals surface area contributed by atoms with Crippen LogP contribution in [0.15, 0.2) is 10.6 Å². The number of amides is 4. The summed E-state index contributed by atoms with van der Waals surface area (Å²) in [5, 5.41) is 50.4. The Kier molecular flexibility index (Phi) is 9.71. The third kappa shape index (κ3) is 5.59. The Labute approximate surface area is 168 Å². The molecule has 16 heteroatoms. The maximum atomic E-state index is 11.9. The first-order chi connectivity index (χ1) is 13.2. The average Bonchev–Trinajstić information content (AvgIpc) is 2.68. The van der Waals surface area contributed by atoms with Crippen LogP contribution in [-0.2, 0) is 0 Å². The zero-order valence-corrected chi connectivity index (χ0v) is 15.8. The van der Waals surface area contributed by atoms with E-state index in [0.717, 1.165) is 0 Å². The van der Waals surface area contributed by atoms with Gasteiger partial charge in [-0.05, 0) is 0 Å². The molecule has 1 aliphatic rings. The number of hydrogen-bond donors (Lipinski definition) is 6. The van der Waals surface area contributed by atoms with Crippen molar-refractivity contribution in [3.05, 3.63) is 9.81 Å². The molecule has 0 bridgehead atoms. The molecule has 6 N–H and O–H groups in total. The van der Waals surface area contributed by atoms with Crippen molar-refractivity contribution in [3.8, 4) is 0 Å². The predicted octanol–water partition coefficient (Wildman–Crippen LogP) is -1.96. The number of urea groups is 2. The van der Waals surface area contributed by atoms with Crippen LogP contribution < -0.4 is 10.6 Å². The number of alkyl halides is 2. The molecule has 0 aromatic rings. The van der Waals surface area contributed by atoms with Gasteiger partial charge < -0.3 is 31.1 Å². The van der Waals surface area contributed by atoms with Crippen LogP contribution in [0.25, 0.3) is 0 Å². The predicted molar refractivity (Wildman–Crippen MR) is 95.1 cm³/mol. The number of nitrogens with one attached hydrogen (secondary N) is 2. The van der Waals surface area contributed by atoms with E-state index in [0.29, 0.717) is 10.0 Å². The Balaban J connectivity index is 2.89. The highest BCUT2D eigenvalue weighted by molar-refractivity contribution is 6.18. The van der Waals surface area contributed by atoms with Gasteiger partial charge in [0.1, 0.15) is 24.4 Å². The molecule has 1 aliphatic carbocycles. The van der Waals surface area contributed by atoms with E-state index in [1.807, 2.05) is 10.6 Å². The van der Waals surface area contributed by atoms with E-state index in [-0.39, 0.29) is 24.8 Å². The quantitative estimate of drug-likeness (QED) is 0.140. The van der Waals surface area contributed by atoms with E-state index in [4.69, 9.17) is 23.2 Å². The van der Waals surface area contributed by atoms with E-state index in [2.05, 4.69) is 10.6 Å². The summed E-state index contributed by atoms with van der Waals surface area (Å²) < 4.78 is 0. The Hall–Kier alpha value is -1.84. The monoisotopic (exact) mass is 446 g/mol. The molecule has 0 spiro atoms. The molecule has 1 rings (SSSR count). The molecule has 4 amide bonds. The number of carbonyl (C=O) groups is 2. The van der Waals surface area contributed by atoms with Gasteiger partial charge in [0.05, 0.1) is 35.7 Å². The number of halogens is 2. The van der Waals surface area contributed by atoms with Gasteiger partial charge in [0.2, 0.25) is 0 Å². The summed E-state index contributed by atoms with van der Waals surface area (Å²) in [6.45, 7) is -0.538. The second-order valence-electron chi connectivity index (χ2n) is 5.70. The maximum Gasteiger partial charge on any atom is 0.340 e. The smallest absolute Gasteiger partial charge is 0.340 e. The third-order valence-electron chi connectivity index (χ3n) is 4.01. The molecule has 0 radical (unpaired) electrons. The largest absolute Gasteiger partial charge is 0.388 e. The Morgan fingerprint density at radius 2 is 1.04 bits per heavy atom. The van der Waals surface area contributed by atoms with Crippen molar-refractivity contribution in [2.45, 2.75) is 36.5 Å². The average molecular weight is 447 g/mol. The molecule has 160 valence electrons. The number of aliphatic hydroxyl groups is 4. The van der Waals surface area contributed by atoms with Crippen LogP contribution in [0, 0.1) is 9.81 Å². The summed E-state index contributed by atoms with van der Waals surface area (Å²) >= 11 is 10.8. The Bertz CT molecular complexity index is 510. The molecule has 0 heterocycles. The molecule has 0 saturated heterocycles. The summed E-state index contributed by atoms with van der Waals surface area (Å²) in [5.41, 5.74) is 0. The van der Waals surface area contributed by atoms with Crippen LogP contribution in [0.4, 0.5) is 9.59 Å². The van der Waals surface area contributed by atoms with Gasteiger partial charge in [0.15, 0.2) is 0 Å². The van der Waals surface area contributed by atoms with Gasteiger partial charge in [-0.25, -0.2) is 9.59 Å². The number of nitrogens with zero attached hydrogens (tertiary/aromatic N) is 4. The summed E-state index contributed by atoms with van der Waals surface area (Å²) in [6, 6.07) is -5.51. The minimum absolute atomic E-state index is 0.127. The highest BCUT2D eigenvalue weighted by Crippen LogP contribution is 2.22. The zero-order valence-electron chi connectivity index (χ0n) is 14.3. The van der Waals surface area contributed by atoms with Crippen LogP contribution >= 0.6 is 23.2 Å². The first-order valence-corrected chi connectivity index (χ1v) is 8.97. The highest BCUT2D eigenvalue weighted by atomic mass is 35.5. The normalized spacial score (nSPS) is 29.5. The Morgan fingerprint density at radius 3 is 1.25 bits per heavy atom. The molecule has 2 unspecified atom stereocenters. The molecular formula is C12H20Cl2N6O8. The van der Waals surface area contributed by atoms with Crippen molar-refractivity contribution in [1.82, 2.24) is 20.7 Å². The second-order valence-corrected chi connectivity index (χ2v) is 6.46. The lowest BCUT2D eigenvalue weighted by molar-refractivity contribution is -0.142. The SMILES string of the molecule is O=NN(CCCl)C(=O)NC1[C@@H](O)[C@H](O)C(NC(=O)N(CCCl)N=O)[C@H](O)[C@@H]1O.